The highest BCUT2D eigenvalue weighted by Gasteiger charge is 2.51. The lowest BCUT2D eigenvalue weighted by molar-refractivity contribution is -0.170. The van der Waals surface area contributed by atoms with E-state index in [1.165, 1.54) is 41.4 Å². The number of nitrogens with one attached hydrogen (secondary N) is 1. The van der Waals surface area contributed by atoms with Crippen LogP contribution in [-0.4, -0.2) is 90.8 Å². The smallest absolute Gasteiger partial charge is 0.336 e. The molecule has 11 heteroatoms. The van der Waals surface area contributed by atoms with Gasteiger partial charge in [-0.1, -0.05) is 38.0 Å². The quantitative estimate of drug-likeness (QED) is 0.301. The maximum absolute atomic E-state index is 12.7. The van der Waals surface area contributed by atoms with E-state index in [0.29, 0.717) is 0 Å². The number of carbonyl (C=O) groups excluding carboxylic acids is 1. The number of carbonyl (C=O) groups is 4. The van der Waals surface area contributed by atoms with Crippen molar-refractivity contribution in [3.05, 3.63) is 35.5 Å². The molecule has 2 aromatic rings. The molecule has 2 aliphatic rings. The number of unbranched alkanes of at least 4 members (excludes halogenated alkanes) is 1. The maximum atomic E-state index is 12.7. The molecule has 0 saturated heterocycles. The number of H-pyrrole nitrogens is 1. The maximum Gasteiger partial charge on any atom is 0.336 e. The predicted octanol–water partition coefficient (Wildman–Crippen LogP) is 3.58. The van der Waals surface area contributed by atoms with Gasteiger partial charge in [0.15, 0.2) is 5.60 Å². The number of nitrogens with zero attached hydrogens (tertiary/aromatic N) is 2. The lowest BCUT2D eigenvalue weighted by atomic mass is 9.66. The molecule has 1 fully saturated rings. The van der Waals surface area contributed by atoms with E-state index < -0.39 is 36.4 Å². The topological polar surface area (TPSA) is 171 Å². The average Bonchev–Trinajstić information content (AvgIpc) is 3.28. The van der Waals surface area contributed by atoms with Crippen molar-refractivity contribution in [1.29, 1.82) is 0 Å². The predicted molar refractivity (Wildman–Crippen MR) is 153 cm³/mol. The molecular weight excluding hydrogens is 530 g/mol. The van der Waals surface area contributed by atoms with E-state index in [0.717, 1.165) is 38.6 Å². The fourth-order valence-corrected chi connectivity index (χ4v) is 6.68. The molecule has 11 nitrogen and oxygen atoms in total. The van der Waals surface area contributed by atoms with Gasteiger partial charge in [-0.05, 0) is 64.3 Å². The molecule has 0 atom stereocenters. The zero-order chi connectivity index (χ0) is 30.6. The van der Waals surface area contributed by atoms with Crippen LogP contribution < -0.4 is 0 Å². The molecule has 5 N–H and O–H groups in total. The number of aromatic nitrogens is 1. The van der Waals surface area contributed by atoms with Crippen molar-refractivity contribution in [2.75, 3.05) is 20.6 Å². The Labute approximate surface area is 240 Å². The lowest BCUT2D eigenvalue weighted by Crippen LogP contribution is -2.59. The molecule has 0 bridgehead atoms. The summed E-state index contributed by atoms with van der Waals surface area (Å²) in [5.74, 6) is -4.80. The molecule has 1 aromatic heterocycles. The van der Waals surface area contributed by atoms with Crippen LogP contribution in [0.4, 0.5) is 0 Å². The van der Waals surface area contributed by atoms with Gasteiger partial charge in [-0.25, -0.2) is 4.79 Å². The van der Waals surface area contributed by atoms with Gasteiger partial charge in [0.1, 0.15) is 0 Å². The number of carboxylic acids is 3. The Morgan fingerprint density at radius 1 is 1.00 bits per heavy atom. The van der Waals surface area contributed by atoms with Crippen molar-refractivity contribution in [1.82, 2.24) is 14.8 Å². The lowest BCUT2D eigenvalue weighted by Gasteiger charge is -2.55. The number of aliphatic hydroxyl groups is 1. The fraction of sp³-hybridized carbons (Fsp3) is 0.600. The molecule has 0 unspecified atom stereocenters. The number of amides is 1. The Balaban J connectivity index is 0.000000302. The summed E-state index contributed by atoms with van der Waals surface area (Å²) in [4.78, 5) is 51.6. The Morgan fingerprint density at radius 2 is 1.59 bits per heavy atom. The third-order valence-corrected chi connectivity index (χ3v) is 9.00. The molecule has 2 heterocycles. The summed E-state index contributed by atoms with van der Waals surface area (Å²) in [6.45, 7) is 4.87. The minimum Gasteiger partial charge on any atom is -0.481 e. The van der Waals surface area contributed by atoms with E-state index in [9.17, 15) is 19.2 Å². The van der Waals surface area contributed by atoms with Gasteiger partial charge in [0.25, 0.3) is 0 Å². The van der Waals surface area contributed by atoms with Crippen LogP contribution in [0, 0.1) is 0 Å². The van der Waals surface area contributed by atoms with Crippen molar-refractivity contribution >= 4 is 34.7 Å². The second-order valence-electron chi connectivity index (χ2n) is 11.7. The largest absolute Gasteiger partial charge is 0.481 e. The summed E-state index contributed by atoms with van der Waals surface area (Å²) in [7, 11) is 4.48. The van der Waals surface area contributed by atoms with Crippen molar-refractivity contribution in [2.24, 2.45) is 0 Å². The van der Waals surface area contributed by atoms with Crippen LogP contribution in [0.3, 0.4) is 0 Å². The highest BCUT2D eigenvalue weighted by Crippen LogP contribution is 2.51. The van der Waals surface area contributed by atoms with Gasteiger partial charge in [0, 0.05) is 35.6 Å². The monoisotopic (exact) mass is 573 g/mol. The molecular formula is C30H43N3O8. The summed E-state index contributed by atoms with van der Waals surface area (Å²) in [6, 6.07) is 8.63. The summed E-state index contributed by atoms with van der Waals surface area (Å²) in [5, 5.41) is 35.2. The van der Waals surface area contributed by atoms with Gasteiger partial charge in [0.05, 0.1) is 18.4 Å². The van der Waals surface area contributed by atoms with E-state index in [1.54, 1.807) is 6.92 Å². The second-order valence-corrected chi connectivity index (χ2v) is 11.7. The number of aliphatic carboxylic acids is 3. The van der Waals surface area contributed by atoms with Gasteiger partial charge in [0.2, 0.25) is 5.91 Å². The van der Waals surface area contributed by atoms with Crippen molar-refractivity contribution in [2.45, 2.75) is 94.7 Å². The molecule has 1 aliphatic heterocycles. The summed E-state index contributed by atoms with van der Waals surface area (Å²) >= 11 is 0. The van der Waals surface area contributed by atoms with Crippen molar-refractivity contribution in [3.8, 4) is 0 Å². The number of carboxylic acid groups (broad SMARTS) is 3. The Bertz CT molecular complexity index is 1260. The Morgan fingerprint density at radius 3 is 2.07 bits per heavy atom. The molecule has 1 saturated carbocycles. The van der Waals surface area contributed by atoms with E-state index in [-0.39, 0.29) is 17.0 Å². The fourth-order valence-electron chi connectivity index (χ4n) is 6.68. The summed E-state index contributed by atoms with van der Waals surface area (Å²) < 4.78 is 0. The number of fused-ring (bicyclic) bond motifs is 4. The molecule has 41 heavy (non-hydrogen) atoms. The number of para-hydroxylation sites is 1. The Hall–Kier alpha value is -3.44. The molecule has 1 aromatic carbocycles. The Kier molecular flexibility index (Phi) is 9.86. The van der Waals surface area contributed by atoms with Crippen molar-refractivity contribution in [3.63, 3.8) is 0 Å². The van der Waals surface area contributed by atoms with E-state index >= 15 is 0 Å². The van der Waals surface area contributed by atoms with Gasteiger partial charge in [-0.3, -0.25) is 14.4 Å². The highest BCUT2D eigenvalue weighted by molar-refractivity contribution is 5.88. The zero-order valence-corrected chi connectivity index (χ0v) is 24.4. The van der Waals surface area contributed by atoms with Crippen LogP contribution in [0.15, 0.2) is 24.3 Å². The average molecular weight is 574 g/mol. The van der Waals surface area contributed by atoms with E-state index in [4.69, 9.17) is 20.4 Å². The number of aromatic amines is 1. The molecule has 0 radical (unpaired) electrons. The minimum absolute atomic E-state index is 0.163. The zero-order valence-electron chi connectivity index (χ0n) is 24.4. The first-order valence-electron chi connectivity index (χ1n) is 14.2. The summed E-state index contributed by atoms with van der Waals surface area (Å²) in [6.07, 6.45) is 6.84. The van der Waals surface area contributed by atoms with Crippen LogP contribution in [0.25, 0.3) is 10.9 Å². The highest BCUT2D eigenvalue weighted by atomic mass is 16.4. The SMILES string of the molecule is CCCCC1(N(C)C)CCC2(CC1)c1[nH]c3ccccc3c1CCN2C(C)=O.O=C(O)CC(O)(CC(=O)O)C(=O)O. The molecule has 4 rings (SSSR count). The van der Waals surface area contributed by atoms with Gasteiger partial charge in [-0.15, -0.1) is 0 Å². The van der Waals surface area contributed by atoms with E-state index in [2.05, 4.69) is 60.1 Å². The van der Waals surface area contributed by atoms with Crippen LogP contribution >= 0.6 is 0 Å². The van der Waals surface area contributed by atoms with Crippen LogP contribution in [0.5, 0.6) is 0 Å². The number of hydrogen-bond acceptors (Lipinski definition) is 6. The van der Waals surface area contributed by atoms with Gasteiger partial charge < -0.3 is 35.2 Å². The third kappa shape index (κ3) is 6.56. The van der Waals surface area contributed by atoms with Gasteiger partial charge in [-0.2, -0.15) is 0 Å². The first kappa shape index (κ1) is 32.1. The molecule has 1 amide bonds. The first-order valence-corrected chi connectivity index (χ1v) is 14.2. The third-order valence-electron chi connectivity index (χ3n) is 9.00. The van der Waals surface area contributed by atoms with Gasteiger partial charge >= 0.3 is 17.9 Å². The first-order chi connectivity index (χ1) is 19.2. The minimum atomic E-state index is -2.74. The standard InChI is InChI=1S/C24H35N3O.C6H8O7/c1-5-6-12-23(26(3)4)13-15-24(16-14-23)22-20(11-17-27(24)18(2)28)19-9-7-8-10-21(19)25-22;7-3(8)1-6(13,5(11)12)2-4(9)10/h7-10,25H,5-6,11-17H2,1-4H3;13H,1-2H2,(H,7,8)(H,9,10)(H,11,12). The number of benzene rings is 1. The number of hydrogen-bond donors (Lipinski definition) is 5. The molecule has 226 valence electrons. The number of rotatable bonds is 9. The van der Waals surface area contributed by atoms with E-state index in [1.807, 2.05) is 0 Å². The molecule has 1 spiro atoms. The van der Waals surface area contributed by atoms with Crippen LogP contribution in [-0.2, 0) is 31.1 Å². The van der Waals surface area contributed by atoms with Crippen LogP contribution in [0.2, 0.25) is 0 Å². The normalized spacial score (nSPS) is 22.2. The summed E-state index contributed by atoms with van der Waals surface area (Å²) in [5.41, 5.74) is 1.35. The molecule has 1 aliphatic carbocycles. The van der Waals surface area contributed by atoms with Crippen molar-refractivity contribution < 1.29 is 39.6 Å². The van der Waals surface area contributed by atoms with Crippen LogP contribution in [0.1, 0.15) is 82.9 Å². The second kappa shape index (κ2) is 12.6.